The molecular formula is C20H21NO6. The Kier molecular flexibility index (Phi) is 6.03. The molecule has 0 spiro atoms. The molecule has 2 atom stereocenters. The van der Waals surface area contributed by atoms with Crippen LogP contribution in [-0.4, -0.2) is 30.2 Å². The Balaban J connectivity index is 1.57. The van der Waals surface area contributed by atoms with Crippen LogP contribution in [-0.2, 0) is 9.47 Å². The Morgan fingerprint density at radius 1 is 1.30 bits per heavy atom. The van der Waals surface area contributed by atoms with Crippen molar-refractivity contribution >= 4 is 11.7 Å². The van der Waals surface area contributed by atoms with Crippen molar-refractivity contribution in [1.29, 1.82) is 0 Å². The van der Waals surface area contributed by atoms with Gasteiger partial charge in [-0.1, -0.05) is 12.1 Å². The maximum atomic E-state index is 12.3. The van der Waals surface area contributed by atoms with Crippen molar-refractivity contribution in [1.82, 2.24) is 0 Å². The van der Waals surface area contributed by atoms with Gasteiger partial charge in [0.15, 0.2) is 0 Å². The third-order valence-corrected chi connectivity index (χ3v) is 4.38. The molecule has 7 heteroatoms. The van der Waals surface area contributed by atoms with Gasteiger partial charge in [-0.3, -0.25) is 10.1 Å². The quantitative estimate of drug-likeness (QED) is 0.414. The highest BCUT2D eigenvalue weighted by Crippen LogP contribution is 2.23. The lowest BCUT2D eigenvalue weighted by Gasteiger charge is -2.14. The van der Waals surface area contributed by atoms with Crippen LogP contribution >= 0.6 is 0 Å². The maximum Gasteiger partial charge on any atom is 0.338 e. The van der Waals surface area contributed by atoms with Gasteiger partial charge in [0.1, 0.15) is 18.5 Å². The number of esters is 1. The molecule has 0 radical (unpaired) electrons. The normalized spacial score (nSPS) is 17.3. The Morgan fingerprint density at radius 3 is 2.74 bits per heavy atom. The molecule has 1 aliphatic heterocycles. The summed E-state index contributed by atoms with van der Waals surface area (Å²) in [6.07, 6.45) is 1.58. The molecule has 1 heterocycles. The number of nitro groups is 1. The topological polar surface area (TPSA) is 87.9 Å². The lowest BCUT2D eigenvalue weighted by molar-refractivity contribution is -0.385. The van der Waals surface area contributed by atoms with Gasteiger partial charge in [0.2, 0.25) is 0 Å². The molecule has 2 aromatic carbocycles. The van der Waals surface area contributed by atoms with Crippen molar-refractivity contribution in [3.63, 3.8) is 0 Å². The van der Waals surface area contributed by atoms with Crippen molar-refractivity contribution < 1.29 is 23.9 Å². The van der Waals surface area contributed by atoms with E-state index in [2.05, 4.69) is 0 Å². The minimum Gasteiger partial charge on any atom is -0.491 e. The van der Waals surface area contributed by atoms with Crippen LogP contribution in [0.3, 0.4) is 0 Å². The van der Waals surface area contributed by atoms with Gasteiger partial charge in [-0.05, 0) is 49.6 Å². The molecule has 142 valence electrons. The molecular weight excluding hydrogens is 350 g/mol. The van der Waals surface area contributed by atoms with Crippen molar-refractivity contribution in [2.75, 3.05) is 13.2 Å². The Labute approximate surface area is 157 Å². The number of carbonyl (C=O) groups is 1. The molecule has 0 aromatic heterocycles. The first kappa shape index (κ1) is 18.8. The van der Waals surface area contributed by atoms with Crippen LogP contribution in [0.15, 0.2) is 48.5 Å². The van der Waals surface area contributed by atoms with Gasteiger partial charge in [-0.15, -0.1) is 0 Å². The van der Waals surface area contributed by atoms with E-state index in [-0.39, 0.29) is 11.8 Å². The monoisotopic (exact) mass is 371 g/mol. The van der Waals surface area contributed by atoms with Gasteiger partial charge in [0.25, 0.3) is 5.69 Å². The summed E-state index contributed by atoms with van der Waals surface area (Å²) in [4.78, 5) is 22.7. The molecule has 1 aliphatic rings. The van der Waals surface area contributed by atoms with Crippen LogP contribution < -0.4 is 4.74 Å². The minimum atomic E-state index is -0.604. The third-order valence-electron chi connectivity index (χ3n) is 4.38. The second kappa shape index (κ2) is 8.64. The van der Waals surface area contributed by atoms with Gasteiger partial charge in [-0.25, -0.2) is 4.79 Å². The summed E-state index contributed by atoms with van der Waals surface area (Å²) < 4.78 is 16.6. The minimum absolute atomic E-state index is 0.0388. The molecule has 0 N–H and O–H groups in total. The van der Waals surface area contributed by atoms with E-state index < -0.39 is 17.0 Å². The largest absolute Gasteiger partial charge is 0.491 e. The number of non-ortho nitro benzene ring substituents is 1. The van der Waals surface area contributed by atoms with E-state index in [1.54, 1.807) is 43.3 Å². The third kappa shape index (κ3) is 5.04. The fraction of sp³-hybridized carbons (Fsp3) is 0.350. The summed E-state index contributed by atoms with van der Waals surface area (Å²) in [6, 6.07) is 12.7. The fourth-order valence-electron chi connectivity index (χ4n) is 2.84. The van der Waals surface area contributed by atoms with Crippen LogP contribution in [0.1, 0.15) is 41.8 Å². The van der Waals surface area contributed by atoms with Crippen LogP contribution in [0.5, 0.6) is 5.75 Å². The Hall–Kier alpha value is -2.93. The van der Waals surface area contributed by atoms with Crippen molar-refractivity contribution in [3.8, 4) is 5.75 Å². The molecule has 3 rings (SSSR count). The molecule has 27 heavy (non-hydrogen) atoms. The first-order chi connectivity index (χ1) is 13.0. The smallest absolute Gasteiger partial charge is 0.338 e. The first-order valence-corrected chi connectivity index (χ1v) is 8.83. The predicted octanol–water partition coefficient (Wildman–Crippen LogP) is 4.07. The summed E-state index contributed by atoms with van der Waals surface area (Å²) in [7, 11) is 0. The van der Waals surface area contributed by atoms with Gasteiger partial charge in [-0.2, -0.15) is 0 Å². The summed E-state index contributed by atoms with van der Waals surface area (Å²) >= 11 is 0. The van der Waals surface area contributed by atoms with E-state index >= 15 is 0 Å². The summed E-state index contributed by atoms with van der Waals surface area (Å²) in [5.41, 5.74) is 0.911. The highest BCUT2D eigenvalue weighted by Gasteiger charge is 2.18. The molecule has 0 aliphatic carbocycles. The molecule has 2 aromatic rings. The van der Waals surface area contributed by atoms with Crippen LogP contribution in [0, 0.1) is 10.1 Å². The van der Waals surface area contributed by atoms with E-state index in [9.17, 15) is 14.9 Å². The van der Waals surface area contributed by atoms with E-state index in [4.69, 9.17) is 14.2 Å². The zero-order valence-electron chi connectivity index (χ0n) is 15.0. The van der Waals surface area contributed by atoms with Gasteiger partial charge < -0.3 is 14.2 Å². The number of hydrogen-bond donors (Lipinski definition) is 0. The fourth-order valence-corrected chi connectivity index (χ4v) is 2.84. The zero-order valence-corrected chi connectivity index (χ0v) is 15.0. The van der Waals surface area contributed by atoms with Crippen molar-refractivity contribution in [2.24, 2.45) is 0 Å². The van der Waals surface area contributed by atoms with E-state index in [1.165, 1.54) is 12.1 Å². The number of carbonyl (C=O) groups excluding carboxylic acids is 1. The molecule has 1 saturated heterocycles. The summed E-state index contributed by atoms with van der Waals surface area (Å²) in [6.45, 7) is 2.95. The Bertz CT molecular complexity index is 798. The van der Waals surface area contributed by atoms with Crippen molar-refractivity contribution in [2.45, 2.75) is 32.0 Å². The van der Waals surface area contributed by atoms with Crippen LogP contribution in [0.25, 0.3) is 0 Å². The number of rotatable bonds is 7. The summed E-state index contributed by atoms with van der Waals surface area (Å²) in [5, 5.41) is 10.9. The maximum absolute atomic E-state index is 12.3. The molecule has 0 amide bonds. The van der Waals surface area contributed by atoms with Crippen molar-refractivity contribution in [3.05, 3.63) is 69.8 Å². The molecule has 0 unspecified atom stereocenters. The second-order valence-electron chi connectivity index (χ2n) is 6.37. The predicted molar refractivity (Wildman–Crippen MR) is 97.8 cm³/mol. The van der Waals surface area contributed by atoms with Crippen LogP contribution in [0.2, 0.25) is 0 Å². The van der Waals surface area contributed by atoms with Gasteiger partial charge in [0, 0.05) is 18.7 Å². The number of hydrogen-bond acceptors (Lipinski definition) is 6. The molecule has 1 fully saturated rings. The van der Waals surface area contributed by atoms with Gasteiger partial charge in [0.05, 0.1) is 16.6 Å². The lowest BCUT2D eigenvalue weighted by atomic mass is 10.1. The highest BCUT2D eigenvalue weighted by molar-refractivity contribution is 5.89. The average Bonchev–Trinajstić information content (AvgIpc) is 3.20. The first-order valence-electron chi connectivity index (χ1n) is 8.83. The average molecular weight is 371 g/mol. The summed E-state index contributed by atoms with van der Waals surface area (Å²) in [5.74, 6) is 0.161. The lowest BCUT2D eigenvalue weighted by Crippen LogP contribution is -2.16. The molecule has 7 nitrogen and oxygen atoms in total. The second-order valence-corrected chi connectivity index (χ2v) is 6.37. The number of nitrogens with zero attached hydrogens (tertiary/aromatic N) is 1. The number of nitro benzene ring substituents is 1. The Morgan fingerprint density at radius 2 is 2.07 bits per heavy atom. The SMILES string of the molecule is C[C@H](OC(=O)c1ccc(OC[C@H]2CCCO2)cc1)c1cccc([N+](=O)[O-])c1. The zero-order chi connectivity index (χ0) is 19.2. The number of ether oxygens (including phenoxy) is 3. The highest BCUT2D eigenvalue weighted by atomic mass is 16.6. The molecule has 0 saturated carbocycles. The number of benzene rings is 2. The van der Waals surface area contributed by atoms with E-state index in [1.807, 2.05) is 0 Å². The van der Waals surface area contributed by atoms with E-state index in [0.29, 0.717) is 23.5 Å². The molecule has 0 bridgehead atoms. The standard InChI is InChI=1S/C20H21NO6/c1-14(16-4-2-5-17(12-16)21(23)24)27-20(22)15-7-9-18(10-8-15)26-13-19-6-3-11-25-19/h2,4-5,7-10,12,14,19H,3,6,11,13H2,1H3/t14-,19+/m0/s1. The van der Waals surface area contributed by atoms with Crippen LogP contribution in [0.4, 0.5) is 5.69 Å². The van der Waals surface area contributed by atoms with E-state index in [0.717, 1.165) is 19.4 Å². The van der Waals surface area contributed by atoms with Gasteiger partial charge >= 0.3 is 5.97 Å².